The molecule has 1 aromatic carbocycles. The maximum Gasteiger partial charge on any atom is 0.401 e. The molecule has 0 spiro atoms. The first-order valence-electron chi connectivity index (χ1n) is 5.42. The molecule has 1 rings (SSSR count). The molecule has 0 aliphatic heterocycles. The lowest BCUT2D eigenvalue weighted by Crippen LogP contribution is -2.48. The fourth-order valence-electron chi connectivity index (χ4n) is 1.72. The van der Waals surface area contributed by atoms with Gasteiger partial charge in [0.05, 0.1) is 18.7 Å². The van der Waals surface area contributed by atoms with Crippen molar-refractivity contribution in [2.75, 3.05) is 13.2 Å². The molecular formula is C12H16F3NO. The molecule has 1 aromatic rings. The van der Waals surface area contributed by atoms with Gasteiger partial charge in [0.15, 0.2) is 0 Å². The van der Waals surface area contributed by atoms with E-state index >= 15 is 0 Å². The summed E-state index contributed by atoms with van der Waals surface area (Å²) < 4.78 is 36.7. The van der Waals surface area contributed by atoms with E-state index in [0.29, 0.717) is 12.0 Å². The van der Waals surface area contributed by atoms with Crippen LogP contribution in [0.15, 0.2) is 30.3 Å². The smallest absolute Gasteiger partial charge is 0.394 e. The van der Waals surface area contributed by atoms with Crippen molar-refractivity contribution in [2.45, 2.75) is 25.1 Å². The van der Waals surface area contributed by atoms with E-state index in [1.807, 2.05) is 0 Å². The van der Waals surface area contributed by atoms with Crippen LogP contribution in [0.25, 0.3) is 0 Å². The number of hydrogen-bond donors (Lipinski definition) is 2. The predicted octanol–water partition coefficient (Wildman–Crippen LogP) is 2.44. The van der Waals surface area contributed by atoms with E-state index in [2.05, 4.69) is 5.32 Å². The van der Waals surface area contributed by atoms with Crippen LogP contribution in [0.4, 0.5) is 13.2 Å². The summed E-state index contributed by atoms with van der Waals surface area (Å²) in [7, 11) is 0. The Balaban J connectivity index is 2.90. The minimum absolute atomic E-state index is 0.371. The number of aliphatic hydroxyl groups is 1. The summed E-state index contributed by atoms with van der Waals surface area (Å²) in [6, 6.07) is 8.69. The van der Waals surface area contributed by atoms with Crippen molar-refractivity contribution in [3.8, 4) is 0 Å². The zero-order valence-electron chi connectivity index (χ0n) is 9.59. The Labute approximate surface area is 98.5 Å². The van der Waals surface area contributed by atoms with Crippen LogP contribution < -0.4 is 5.32 Å². The molecular weight excluding hydrogens is 231 g/mol. The van der Waals surface area contributed by atoms with E-state index in [9.17, 15) is 18.3 Å². The molecule has 0 bridgehead atoms. The Morgan fingerprint density at radius 2 is 1.76 bits per heavy atom. The van der Waals surface area contributed by atoms with Crippen LogP contribution in [-0.4, -0.2) is 24.4 Å². The number of benzene rings is 1. The second-order valence-electron chi connectivity index (χ2n) is 3.93. The fraction of sp³-hybridized carbons (Fsp3) is 0.500. The molecule has 0 fully saturated rings. The van der Waals surface area contributed by atoms with E-state index in [1.54, 1.807) is 37.3 Å². The summed E-state index contributed by atoms with van der Waals surface area (Å²) >= 11 is 0. The van der Waals surface area contributed by atoms with Gasteiger partial charge in [-0.05, 0) is 12.0 Å². The Bertz CT molecular complexity index is 333. The minimum atomic E-state index is -4.29. The van der Waals surface area contributed by atoms with Crippen LogP contribution >= 0.6 is 0 Å². The lowest BCUT2D eigenvalue weighted by atomic mass is 9.88. The Morgan fingerprint density at radius 1 is 1.18 bits per heavy atom. The van der Waals surface area contributed by atoms with Crippen molar-refractivity contribution in [1.29, 1.82) is 0 Å². The first kappa shape index (κ1) is 14.0. The van der Waals surface area contributed by atoms with Gasteiger partial charge in [0.1, 0.15) is 0 Å². The number of rotatable bonds is 5. The van der Waals surface area contributed by atoms with E-state index in [-0.39, 0.29) is 6.61 Å². The third kappa shape index (κ3) is 3.71. The Kier molecular flexibility index (Phi) is 4.54. The van der Waals surface area contributed by atoms with Gasteiger partial charge in [-0.1, -0.05) is 37.3 Å². The molecule has 5 heteroatoms. The van der Waals surface area contributed by atoms with Crippen molar-refractivity contribution >= 4 is 0 Å². The topological polar surface area (TPSA) is 32.3 Å². The average molecular weight is 247 g/mol. The third-order valence-electron chi connectivity index (χ3n) is 2.83. The van der Waals surface area contributed by atoms with Gasteiger partial charge >= 0.3 is 6.18 Å². The molecule has 96 valence electrons. The fourth-order valence-corrected chi connectivity index (χ4v) is 1.72. The van der Waals surface area contributed by atoms with Gasteiger partial charge in [-0.25, -0.2) is 0 Å². The number of nitrogens with one attached hydrogen (secondary N) is 1. The zero-order valence-corrected chi connectivity index (χ0v) is 9.59. The second kappa shape index (κ2) is 5.51. The molecule has 0 aliphatic carbocycles. The van der Waals surface area contributed by atoms with Gasteiger partial charge in [0.25, 0.3) is 0 Å². The lowest BCUT2D eigenvalue weighted by molar-refractivity contribution is -0.130. The van der Waals surface area contributed by atoms with E-state index < -0.39 is 18.3 Å². The summed E-state index contributed by atoms with van der Waals surface area (Å²) in [4.78, 5) is 0. The lowest BCUT2D eigenvalue weighted by Gasteiger charge is -2.33. The van der Waals surface area contributed by atoms with Gasteiger partial charge < -0.3 is 5.11 Å². The van der Waals surface area contributed by atoms with Crippen molar-refractivity contribution in [2.24, 2.45) is 0 Å². The zero-order chi connectivity index (χ0) is 12.9. The van der Waals surface area contributed by atoms with Crippen molar-refractivity contribution in [3.63, 3.8) is 0 Å². The van der Waals surface area contributed by atoms with Gasteiger partial charge in [-0.15, -0.1) is 0 Å². The molecule has 0 heterocycles. The monoisotopic (exact) mass is 247 g/mol. The molecule has 0 saturated heterocycles. The molecule has 1 unspecified atom stereocenters. The summed E-state index contributed by atoms with van der Waals surface area (Å²) in [6.07, 6.45) is -3.91. The quantitative estimate of drug-likeness (QED) is 0.837. The molecule has 2 N–H and O–H groups in total. The SMILES string of the molecule is CCC(CO)(NCC(F)(F)F)c1ccccc1. The molecule has 1 atom stereocenters. The first-order chi connectivity index (χ1) is 7.93. The van der Waals surface area contributed by atoms with Crippen LogP contribution in [0.2, 0.25) is 0 Å². The van der Waals surface area contributed by atoms with Crippen LogP contribution in [0.5, 0.6) is 0 Å². The molecule has 2 nitrogen and oxygen atoms in total. The third-order valence-corrected chi connectivity index (χ3v) is 2.83. The molecule has 17 heavy (non-hydrogen) atoms. The average Bonchev–Trinajstić information content (AvgIpc) is 2.31. The number of aliphatic hydroxyl groups excluding tert-OH is 1. The van der Waals surface area contributed by atoms with Crippen LogP contribution in [0.1, 0.15) is 18.9 Å². The highest BCUT2D eigenvalue weighted by atomic mass is 19.4. The van der Waals surface area contributed by atoms with Crippen molar-refractivity contribution in [3.05, 3.63) is 35.9 Å². The van der Waals surface area contributed by atoms with Crippen LogP contribution in [0.3, 0.4) is 0 Å². The summed E-state index contributed by atoms with van der Waals surface area (Å²) in [5.74, 6) is 0. The van der Waals surface area contributed by atoms with Gasteiger partial charge in [0, 0.05) is 0 Å². The van der Waals surface area contributed by atoms with Crippen molar-refractivity contribution in [1.82, 2.24) is 5.32 Å². The number of hydrogen-bond acceptors (Lipinski definition) is 2. The summed E-state index contributed by atoms with van der Waals surface area (Å²) in [6.45, 7) is 0.256. The summed E-state index contributed by atoms with van der Waals surface area (Å²) in [5.41, 5.74) is -0.370. The molecule has 0 aromatic heterocycles. The highest BCUT2D eigenvalue weighted by molar-refractivity contribution is 5.24. The van der Waals surface area contributed by atoms with Crippen LogP contribution in [0, 0.1) is 0 Å². The maximum atomic E-state index is 12.2. The number of alkyl halides is 3. The summed E-state index contributed by atoms with van der Waals surface area (Å²) in [5, 5.41) is 11.8. The number of halogens is 3. The standard InChI is InChI=1S/C12H16F3NO/c1-2-11(9-17,16-8-12(13,14)15)10-6-4-3-5-7-10/h3-7,16-17H,2,8-9H2,1H3. The first-order valence-corrected chi connectivity index (χ1v) is 5.42. The predicted molar refractivity (Wildman–Crippen MR) is 59.6 cm³/mol. The molecule has 0 amide bonds. The second-order valence-corrected chi connectivity index (χ2v) is 3.93. The Hall–Kier alpha value is -1.07. The van der Waals surface area contributed by atoms with E-state index in [1.165, 1.54) is 0 Å². The van der Waals surface area contributed by atoms with Gasteiger partial charge in [-0.3, -0.25) is 5.32 Å². The van der Waals surface area contributed by atoms with Gasteiger partial charge in [0.2, 0.25) is 0 Å². The van der Waals surface area contributed by atoms with Crippen molar-refractivity contribution < 1.29 is 18.3 Å². The molecule has 0 radical (unpaired) electrons. The van der Waals surface area contributed by atoms with E-state index in [4.69, 9.17) is 0 Å². The highest BCUT2D eigenvalue weighted by Gasteiger charge is 2.35. The highest BCUT2D eigenvalue weighted by Crippen LogP contribution is 2.26. The normalized spacial score (nSPS) is 15.6. The largest absolute Gasteiger partial charge is 0.401 e. The Morgan fingerprint density at radius 3 is 2.18 bits per heavy atom. The maximum absolute atomic E-state index is 12.2. The van der Waals surface area contributed by atoms with E-state index in [0.717, 1.165) is 0 Å². The van der Waals surface area contributed by atoms with Gasteiger partial charge in [-0.2, -0.15) is 13.2 Å². The molecule has 0 saturated carbocycles. The van der Waals surface area contributed by atoms with Crippen LogP contribution in [-0.2, 0) is 5.54 Å². The minimum Gasteiger partial charge on any atom is -0.394 e. The molecule has 0 aliphatic rings.